The molecule has 0 atom stereocenters. The van der Waals surface area contributed by atoms with E-state index in [1.54, 1.807) is 0 Å². The number of rotatable bonds is 7. The predicted molar refractivity (Wildman–Crippen MR) is 88.5 cm³/mol. The van der Waals surface area contributed by atoms with Gasteiger partial charge in [0.25, 0.3) is 5.69 Å². The van der Waals surface area contributed by atoms with Crippen LogP contribution < -0.4 is 4.74 Å². The first-order valence-corrected chi connectivity index (χ1v) is 7.76. The molecule has 27 heavy (non-hydrogen) atoms. The second-order valence-electron chi connectivity index (χ2n) is 5.74. The number of ether oxygens (including phenoxy) is 2. The van der Waals surface area contributed by atoms with Crippen LogP contribution in [0.15, 0.2) is 41.7 Å². The molecule has 0 aromatic heterocycles. The first kappa shape index (κ1) is 20.2. The zero-order valence-corrected chi connectivity index (χ0v) is 14.0. The molecule has 1 aromatic carbocycles. The van der Waals surface area contributed by atoms with E-state index < -0.39 is 35.9 Å². The standard InChI is InChI=1S/C16H16F3N3O5/c1-20-6-7-21(10-16(17,18)19)12-8-14(9-12)27-15(23)26-13-4-2-11(3-5-13)22(24)25/h2-7,12,14H,1,8-10H2/b7-6-. The maximum absolute atomic E-state index is 12.6. The van der Waals surface area contributed by atoms with Gasteiger partial charge in [-0.25, -0.2) is 4.79 Å². The van der Waals surface area contributed by atoms with Crippen LogP contribution in [0.1, 0.15) is 12.8 Å². The number of aliphatic imine (C=N–C) groups is 1. The number of alkyl halides is 3. The van der Waals surface area contributed by atoms with Crippen LogP contribution in [0, 0.1) is 10.1 Å². The molecule has 1 aliphatic rings. The fraction of sp³-hybridized carbons (Fsp3) is 0.375. The molecule has 0 heterocycles. The van der Waals surface area contributed by atoms with Crippen molar-refractivity contribution in [3.8, 4) is 5.75 Å². The Bertz CT molecular complexity index is 715. The van der Waals surface area contributed by atoms with Crippen LogP contribution in [0.2, 0.25) is 0 Å². The van der Waals surface area contributed by atoms with Crippen LogP contribution in [0.5, 0.6) is 5.75 Å². The van der Waals surface area contributed by atoms with Gasteiger partial charge in [-0.1, -0.05) is 0 Å². The number of hydrogen-bond acceptors (Lipinski definition) is 7. The summed E-state index contributed by atoms with van der Waals surface area (Å²) in [6.07, 6.45) is -3.25. The molecule has 0 amide bonds. The predicted octanol–water partition coefficient (Wildman–Crippen LogP) is 3.68. The van der Waals surface area contributed by atoms with Crippen LogP contribution in [-0.4, -0.2) is 47.6 Å². The summed E-state index contributed by atoms with van der Waals surface area (Å²) in [4.78, 5) is 26.1. The minimum absolute atomic E-state index is 0.0557. The van der Waals surface area contributed by atoms with Gasteiger partial charge in [0.2, 0.25) is 0 Å². The molecule has 11 heteroatoms. The van der Waals surface area contributed by atoms with E-state index in [1.165, 1.54) is 18.3 Å². The molecule has 2 rings (SSSR count). The average molecular weight is 387 g/mol. The van der Waals surface area contributed by atoms with Crippen molar-refractivity contribution < 1.29 is 32.4 Å². The molecule has 0 unspecified atom stereocenters. The van der Waals surface area contributed by atoms with E-state index in [4.69, 9.17) is 9.47 Å². The van der Waals surface area contributed by atoms with Gasteiger partial charge in [0, 0.05) is 43.4 Å². The highest BCUT2D eigenvalue weighted by molar-refractivity contribution is 5.64. The Balaban J connectivity index is 1.82. The summed E-state index contributed by atoms with van der Waals surface area (Å²) in [5.74, 6) is 0.0557. The van der Waals surface area contributed by atoms with Crippen molar-refractivity contribution in [1.82, 2.24) is 4.90 Å². The first-order chi connectivity index (χ1) is 12.7. The van der Waals surface area contributed by atoms with E-state index in [-0.39, 0.29) is 24.3 Å². The molecule has 1 saturated carbocycles. The number of nitro groups is 1. The van der Waals surface area contributed by atoms with Crippen LogP contribution in [0.3, 0.4) is 0 Å². The van der Waals surface area contributed by atoms with Crippen LogP contribution in [0.25, 0.3) is 0 Å². The normalized spacial score (nSPS) is 19.2. The lowest BCUT2D eigenvalue weighted by molar-refractivity contribution is -0.384. The lowest BCUT2D eigenvalue weighted by Gasteiger charge is -2.41. The number of non-ortho nitro benzene ring substituents is 1. The molecule has 0 saturated heterocycles. The molecule has 1 aromatic rings. The molecular weight excluding hydrogens is 371 g/mol. The van der Waals surface area contributed by atoms with Gasteiger partial charge in [-0.3, -0.25) is 15.1 Å². The quantitative estimate of drug-likeness (QED) is 0.233. The van der Waals surface area contributed by atoms with Crippen LogP contribution in [0.4, 0.5) is 23.7 Å². The smallest absolute Gasteiger partial charge is 0.431 e. The summed E-state index contributed by atoms with van der Waals surface area (Å²) < 4.78 is 47.7. The molecule has 0 N–H and O–H groups in total. The van der Waals surface area contributed by atoms with Gasteiger partial charge in [0.05, 0.1) is 4.92 Å². The monoisotopic (exact) mass is 387 g/mol. The van der Waals surface area contributed by atoms with E-state index in [1.807, 2.05) is 0 Å². The summed E-state index contributed by atoms with van der Waals surface area (Å²) in [6, 6.07) is 4.35. The fourth-order valence-corrected chi connectivity index (χ4v) is 2.44. The maximum Gasteiger partial charge on any atom is 0.514 e. The third-order valence-corrected chi connectivity index (χ3v) is 3.78. The summed E-state index contributed by atoms with van der Waals surface area (Å²) in [5, 5.41) is 10.5. The van der Waals surface area contributed by atoms with E-state index in [9.17, 15) is 28.1 Å². The van der Waals surface area contributed by atoms with Gasteiger partial charge in [-0.2, -0.15) is 13.2 Å². The highest BCUT2D eigenvalue weighted by Crippen LogP contribution is 2.31. The third-order valence-electron chi connectivity index (χ3n) is 3.78. The van der Waals surface area contributed by atoms with E-state index in [2.05, 4.69) is 11.7 Å². The average Bonchev–Trinajstić information content (AvgIpc) is 2.54. The molecule has 8 nitrogen and oxygen atoms in total. The molecule has 0 aliphatic heterocycles. The Kier molecular flexibility index (Phi) is 6.37. The fourth-order valence-electron chi connectivity index (χ4n) is 2.44. The van der Waals surface area contributed by atoms with Gasteiger partial charge >= 0.3 is 12.3 Å². The summed E-state index contributed by atoms with van der Waals surface area (Å²) >= 11 is 0. The Labute approximate surface area is 152 Å². The lowest BCUT2D eigenvalue weighted by Crippen LogP contribution is -2.49. The Morgan fingerprint density at radius 2 is 2.00 bits per heavy atom. The number of halogens is 3. The van der Waals surface area contributed by atoms with Crippen LogP contribution in [-0.2, 0) is 4.74 Å². The molecule has 0 spiro atoms. The number of hydrogen-bond donors (Lipinski definition) is 0. The first-order valence-electron chi connectivity index (χ1n) is 7.76. The van der Waals surface area contributed by atoms with Crippen molar-refractivity contribution in [2.45, 2.75) is 31.2 Å². The molecule has 146 valence electrons. The molecule has 0 radical (unpaired) electrons. The highest BCUT2D eigenvalue weighted by Gasteiger charge is 2.40. The lowest BCUT2D eigenvalue weighted by atomic mass is 9.88. The number of nitrogens with zero attached hydrogens (tertiary/aromatic N) is 3. The number of carbonyl (C=O) groups is 1. The Morgan fingerprint density at radius 1 is 1.37 bits per heavy atom. The second kappa shape index (κ2) is 8.52. The van der Waals surface area contributed by atoms with Crippen molar-refractivity contribution in [2.75, 3.05) is 6.54 Å². The Morgan fingerprint density at radius 3 is 2.52 bits per heavy atom. The third kappa shape index (κ3) is 6.28. The van der Waals surface area contributed by atoms with E-state index >= 15 is 0 Å². The van der Waals surface area contributed by atoms with Crippen molar-refractivity contribution in [3.63, 3.8) is 0 Å². The largest absolute Gasteiger partial charge is 0.514 e. The van der Waals surface area contributed by atoms with Gasteiger partial charge in [0.15, 0.2) is 0 Å². The molecule has 0 bridgehead atoms. The highest BCUT2D eigenvalue weighted by atomic mass is 19.4. The number of carbonyl (C=O) groups excluding carboxylic acids is 1. The van der Waals surface area contributed by atoms with Crippen molar-refractivity contribution >= 4 is 18.6 Å². The molecular formula is C16H16F3N3O5. The summed E-state index contributed by atoms with van der Waals surface area (Å²) in [6.45, 7) is 2.02. The summed E-state index contributed by atoms with van der Waals surface area (Å²) in [7, 11) is 0. The zero-order chi connectivity index (χ0) is 20.0. The SMILES string of the molecule is C=N/C=C\N(CC(F)(F)F)C1CC(OC(=O)Oc2ccc([N+](=O)[O-])cc2)C1. The van der Waals surface area contributed by atoms with Crippen molar-refractivity contribution in [1.29, 1.82) is 0 Å². The van der Waals surface area contributed by atoms with Gasteiger partial charge in [-0.15, -0.1) is 0 Å². The van der Waals surface area contributed by atoms with Gasteiger partial charge in [-0.05, 0) is 18.9 Å². The second-order valence-corrected chi connectivity index (χ2v) is 5.74. The van der Waals surface area contributed by atoms with E-state index in [0.717, 1.165) is 23.2 Å². The van der Waals surface area contributed by atoms with Crippen molar-refractivity contribution in [3.05, 3.63) is 46.8 Å². The Hall–Kier alpha value is -3.11. The minimum atomic E-state index is -4.38. The summed E-state index contributed by atoms with van der Waals surface area (Å²) in [5.41, 5.74) is -0.163. The van der Waals surface area contributed by atoms with Crippen LogP contribution >= 0.6 is 0 Å². The topological polar surface area (TPSA) is 94.3 Å². The molecule has 1 aliphatic carbocycles. The molecule has 1 fully saturated rings. The van der Waals surface area contributed by atoms with E-state index in [0.29, 0.717) is 0 Å². The van der Waals surface area contributed by atoms with Gasteiger partial charge in [0.1, 0.15) is 18.4 Å². The number of benzene rings is 1. The zero-order valence-electron chi connectivity index (χ0n) is 14.0. The van der Waals surface area contributed by atoms with Crippen molar-refractivity contribution in [2.24, 2.45) is 4.99 Å². The van der Waals surface area contributed by atoms with Gasteiger partial charge < -0.3 is 14.4 Å². The minimum Gasteiger partial charge on any atom is -0.431 e. The number of nitro benzene ring substituents is 1. The maximum atomic E-state index is 12.6.